The van der Waals surface area contributed by atoms with Gasteiger partial charge in [0.25, 0.3) is 0 Å². The van der Waals surface area contributed by atoms with E-state index in [-0.39, 0.29) is 6.04 Å². The van der Waals surface area contributed by atoms with Gasteiger partial charge in [0, 0.05) is 27.1 Å². The highest BCUT2D eigenvalue weighted by Gasteiger charge is 2.22. The Balaban J connectivity index is 2.38. The van der Waals surface area contributed by atoms with Gasteiger partial charge in [-0.2, -0.15) is 0 Å². The van der Waals surface area contributed by atoms with Crippen molar-refractivity contribution < 1.29 is 0 Å². The van der Waals surface area contributed by atoms with E-state index in [1.54, 1.807) is 0 Å². The van der Waals surface area contributed by atoms with Crippen LogP contribution in [-0.2, 0) is 6.42 Å². The van der Waals surface area contributed by atoms with Gasteiger partial charge in [0.15, 0.2) is 0 Å². The van der Waals surface area contributed by atoms with Crippen LogP contribution >= 0.6 is 15.9 Å². The minimum absolute atomic E-state index is 0.200. The molecule has 1 aliphatic rings. The maximum atomic E-state index is 6.22. The van der Waals surface area contributed by atoms with E-state index in [0.717, 1.165) is 17.3 Å². The number of halogens is 1. The van der Waals surface area contributed by atoms with Gasteiger partial charge >= 0.3 is 0 Å². The first-order chi connectivity index (χ1) is 7.66. The molecule has 16 heavy (non-hydrogen) atoms. The van der Waals surface area contributed by atoms with Gasteiger partial charge < -0.3 is 10.7 Å². The molecule has 1 aliphatic carbocycles. The lowest BCUT2D eigenvalue weighted by molar-refractivity contribution is 0.569. The van der Waals surface area contributed by atoms with Crippen LogP contribution in [0.25, 0.3) is 10.9 Å². The Bertz CT molecular complexity index is 557. The molecule has 2 aromatic rings. The average Bonchev–Trinajstić information content (AvgIpc) is 2.58. The van der Waals surface area contributed by atoms with E-state index in [9.17, 15) is 0 Å². The first-order valence-corrected chi connectivity index (χ1v) is 6.52. The van der Waals surface area contributed by atoms with Crippen LogP contribution < -0.4 is 5.73 Å². The van der Waals surface area contributed by atoms with Crippen LogP contribution in [0.2, 0.25) is 0 Å². The number of aromatic nitrogens is 1. The molecule has 3 N–H and O–H groups in total. The van der Waals surface area contributed by atoms with E-state index in [1.165, 1.54) is 34.1 Å². The molecule has 0 saturated heterocycles. The van der Waals surface area contributed by atoms with E-state index in [0.29, 0.717) is 0 Å². The Morgan fingerprint density at radius 2 is 2.25 bits per heavy atom. The molecular formula is C13H15BrN2. The molecule has 1 heterocycles. The zero-order chi connectivity index (χ0) is 11.3. The third kappa shape index (κ3) is 1.42. The highest BCUT2D eigenvalue weighted by atomic mass is 79.9. The third-order valence-corrected chi connectivity index (χ3v) is 3.96. The van der Waals surface area contributed by atoms with Crippen molar-refractivity contribution in [3.8, 4) is 0 Å². The standard InChI is InChI=1S/C13H15BrN2/c1-7-5-8(14)6-9-12-10(15)3-2-4-11(12)16-13(7)9/h5-6,10,16H,2-4,15H2,1H3. The summed E-state index contributed by atoms with van der Waals surface area (Å²) in [6.07, 6.45) is 3.43. The summed E-state index contributed by atoms with van der Waals surface area (Å²) in [6, 6.07) is 4.53. The molecule has 1 unspecified atom stereocenters. The number of aryl methyl sites for hydroxylation is 2. The average molecular weight is 279 g/mol. The van der Waals surface area contributed by atoms with Crippen LogP contribution in [0.3, 0.4) is 0 Å². The number of H-pyrrole nitrogens is 1. The number of fused-ring (bicyclic) bond motifs is 3. The molecule has 3 rings (SSSR count). The van der Waals surface area contributed by atoms with Gasteiger partial charge in [0.1, 0.15) is 0 Å². The normalized spacial score (nSPS) is 20.1. The van der Waals surface area contributed by atoms with E-state index in [4.69, 9.17) is 5.73 Å². The van der Waals surface area contributed by atoms with Crippen LogP contribution in [0.4, 0.5) is 0 Å². The van der Waals surface area contributed by atoms with Crippen molar-refractivity contribution in [3.05, 3.63) is 33.4 Å². The summed E-state index contributed by atoms with van der Waals surface area (Å²) in [5, 5.41) is 1.30. The van der Waals surface area contributed by atoms with E-state index in [1.807, 2.05) is 0 Å². The second-order valence-corrected chi connectivity index (χ2v) is 5.58. The Morgan fingerprint density at radius 1 is 1.44 bits per heavy atom. The Hall–Kier alpha value is -0.800. The summed E-state index contributed by atoms with van der Waals surface area (Å²) >= 11 is 3.56. The highest BCUT2D eigenvalue weighted by Crippen LogP contribution is 2.36. The zero-order valence-electron chi connectivity index (χ0n) is 9.31. The SMILES string of the molecule is Cc1cc(Br)cc2c3c([nH]c12)CCCC3N. The topological polar surface area (TPSA) is 41.8 Å². The molecule has 0 fully saturated rings. The van der Waals surface area contributed by atoms with Crippen LogP contribution in [0.15, 0.2) is 16.6 Å². The number of hydrogen-bond donors (Lipinski definition) is 2. The molecule has 0 radical (unpaired) electrons. The largest absolute Gasteiger partial charge is 0.358 e. The van der Waals surface area contributed by atoms with Crippen molar-refractivity contribution in [2.75, 3.05) is 0 Å². The van der Waals surface area contributed by atoms with Crippen molar-refractivity contribution in [3.63, 3.8) is 0 Å². The molecule has 1 aromatic heterocycles. The lowest BCUT2D eigenvalue weighted by Crippen LogP contribution is -2.16. The molecule has 0 amide bonds. The lowest BCUT2D eigenvalue weighted by Gasteiger charge is -2.18. The van der Waals surface area contributed by atoms with E-state index in [2.05, 4.69) is 40.0 Å². The number of aromatic amines is 1. The summed E-state index contributed by atoms with van der Waals surface area (Å²) < 4.78 is 1.14. The van der Waals surface area contributed by atoms with E-state index < -0.39 is 0 Å². The Morgan fingerprint density at radius 3 is 3.06 bits per heavy atom. The van der Waals surface area contributed by atoms with Gasteiger partial charge in [0.2, 0.25) is 0 Å². The minimum atomic E-state index is 0.200. The quantitative estimate of drug-likeness (QED) is 0.760. The summed E-state index contributed by atoms with van der Waals surface area (Å²) in [5.41, 5.74) is 11.4. The van der Waals surface area contributed by atoms with Gasteiger partial charge in [-0.25, -0.2) is 0 Å². The summed E-state index contributed by atoms with van der Waals surface area (Å²) in [7, 11) is 0. The van der Waals surface area contributed by atoms with Crippen LogP contribution in [0.5, 0.6) is 0 Å². The van der Waals surface area contributed by atoms with Crippen molar-refractivity contribution in [2.24, 2.45) is 5.73 Å². The molecule has 3 heteroatoms. The smallest absolute Gasteiger partial charge is 0.0490 e. The van der Waals surface area contributed by atoms with Crippen molar-refractivity contribution in [1.82, 2.24) is 4.98 Å². The highest BCUT2D eigenvalue weighted by molar-refractivity contribution is 9.10. The molecule has 84 valence electrons. The van der Waals surface area contributed by atoms with Gasteiger partial charge in [0.05, 0.1) is 0 Å². The second-order valence-electron chi connectivity index (χ2n) is 4.66. The molecule has 0 saturated carbocycles. The van der Waals surface area contributed by atoms with Gasteiger partial charge in [-0.05, 0) is 49.4 Å². The fourth-order valence-electron chi connectivity index (χ4n) is 2.77. The summed E-state index contributed by atoms with van der Waals surface area (Å²) in [4.78, 5) is 3.54. The first-order valence-electron chi connectivity index (χ1n) is 5.73. The fraction of sp³-hybridized carbons (Fsp3) is 0.385. The predicted octanol–water partition coefficient (Wildman–Crippen LogP) is 3.57. The molecule has 0 spiro atoms. The van der Waals surface area contributed by atoms with Crippen LogP contribution in [-0.4, -0.2) is 4.98 Å². The third-order valence-electron chi connectivity index (χ3n) is 3.50. The minimum Gasteiger partial charge on any atom is -0.358 e. The van der Waals surface area contributed by atoms with Gasteiger partial charge in [-0.1, -0.05) is 15.9 Å². The Labute approximate surface area is 103 Å². The summed E-state index contributed by atoms with van der Waals surface area (Å²) in [6.45, 7) is 2.14. The molecule has 1 aromatic carbocycles. The number of benzene rings is 1. The number of nitrogens with one attached hydrogen (secondary N) is 1. The second kappa shape index (κ2) is 3.60. The summed E-state index contributed by atoms with van der Waals surface area (Å²) in [5.74, 6) is 0. The number of rotatable bonds is 0. The monoisotopic (exact) mass is 278 g/mol. The van der Waals surface area contributed by atoms with Crippen molar-refractivity contribution in [1.29, 1.82) is 0 Å². The van der Waals surface area contributed by atoms with Crippen molar-refractivity contribution >= 4 is 26.8 Å². The molecule has 0 aliphatic heterocycles. The lowest BCUT2D eigenvalue weighted by atomic mass is 9.91. The van der Waals surface area contributed by atoms with Gasteiger partial charge in [-0.3, -0.25) is 0 Å². The number of nitrogens with two attached hydrogens (primary N) is 1. The van der Waals surface area contributed by atoms with Gasteiger partial charge in [-0.15, -0.1) is 0 Å². The molecule has 2 nitrogen and oxygen atoms in total. The first kappa shape index (κ1) is 10.4. The number of hydrogen-bond acceptors (Lipinski definition) is 1. The maximum Gasteiger partial charge on any atom is 0.0490 e. The molecule has 0 bridgehead atoms. The van der Waals surface area contributed by atoms with E-state index >= 15 is 0 Å². The van der Waals surface area contributed by atoms with Crippen LogP contribution in [0, 0.1) is 6.92 Å². The zero-order valence-corrected chi connectivity index (χ0v) is 10.9. The predicted molar refractivity (Wildman–Crippen MR) is 70.6 cm³/mol. The Kier molecular flexibility index (Phi) is 2.33. The maximum absolute atomic E-state index is 6.22. The fourth-order valence-corrected chi connectivity index (χ4v) is 3.34. The molecule has 1 atom stereocenters. The van der Waals surface area contributed by atoms with Crippen LogP contribution in [0.1, 0.15) is 35.7 Å². The van der Waals surface area contributed by atoms with Crippen molar-refractivity contribution in [2.45, 2.75) is 32.2 Å². The molecular weight excluding hydrogens is 264 g/mol.